The molecule has 1 aliphatic carbocycles. The summed E-state index contributed by atoms with van der Waals surface area (Å²) in [6, 6.07) is 0.370. The van der Waals surface area contributed by atoms with Crippen LogP contribution in [0.2, 0.25) is 0 Å². The molecule has 0 radical (unpaired) electrons. The molecule has 0 saturated heterocycles. The summed E-state index contributed by atoms with van der Waals surface area (Å²) in [4.78, 5) is 14.1. The Labute approximate surface area is 106 Å². The van der Waals surface area contributed by atoms with Crippen molar-refractivity contribution in [2.45, 2.75) is 76.8 Å². The van der Waals surface area contributed by atoms with Gasteiger partial charge in [0.05, 0.1) is 0 Å². The van der Waals surface area contributed by atoms with E-state index < -0.39 is 0 Å². The van der Waals surface area contributed by atoms with E-state index in [1.54, 1.807) is 0 Å². The third kappa shape index (κ3) is 3.98. The molecule has 0 aromatic heterocycles. The summed E-state index contributed by atoms with van der Waals surface area (Å²) < 4.78 is 0. The first kappa shape index (κ1) is 14.5. The Balaban J connectivity index is 2.52. The fraction of sp³-hybridized carbons (Fsp3) is 0.929. The molecule has 0 heterocycles. The second kappa shape index (κ2) is 6.39. The molecule has 1 amide bonds. The molecule has 0 aromatic rings. The lowest BCUT2D eigenvalue weighted by Crippen LogP contribution is -2.48. The van der Waals surface area contributed by atoms with Crippen LogP contribution in [0, 0.1) is 0 Å². The molecule has 3 nitrogen and oxygen atoms in total. The molecular weight excluding hydrogens is 212 g/mol. The maximum atomic E-state index is 12.2. The smallest absolute Gasteiger partial charge is 0.224 e. The van der Waals surface area contributed by atoms with Gasteiger partial charge in [-0.25, -0.2) is 0 Å². The Hall–Kier alpha value is -0.570. The Morgan fingerprint density at radius 2 is 1.76 bits per heavy atom. The topological polar surface area (TPSA) is 46.3 Å². The molecule has 2 N–H and O–H groups in total. The highest BCUT2D eigenvalue weighted by atomic mass is 16.2. The second-order valence-corrected chi connectivity index (χ2v) is 5.57. The first-order valence-electron chi connectivity index (χ1n) is 7.07. The normalized spacial score (nSPS) is 19.4. The van der Waals surface area contributed by atoms with Gasteiger partial charge < -0.3 is 10.6 Å². The van der Waals surface area contributed by atoms with Gasteiger partial charge in [0.2, 0.25) is 5.91 Å². The zero-order chi connectivity index (χ0) is 12.9. The average molecular weight is 240 g/mol. The van der Waals surface area contributed by atoms with Crippen molar-refractivity contribution in [2.24, 2.45) is 5.73 Å². The number of nitrogens with zero attached hydrogens (tertiary/aromatic N) is 1. The fourth-order valence-corrected chi connectivity index (χ4v) is 2.90. The van der Waals surface area contributed by atoms with Gasteiger partial charge in [0.25, 0.3) is 0 Å². The van der Waals surface area contributed by atoms with Gasteiger partial charge in [0, 0.05) is 25.0 Å². The van der Waals surface area contributed by atoms with Crippen LogP contribution in [0.4, 0.5) is 0 Å². The zero-order valence-corrected chi connectivity index (χ0v) is 11.7. The number of carbonyl (C=O) groups is 1. The van der Waals surface area contributed by atoms with Crippen molar-refractivity contribution in [3.05, 3.63) is 0 Å². The molecule has 0 aliphatic heterocycles. The van der Waals surface area contributed by atoms with E-state index in [1.165, 1.54) is 19.3 Å². The van der Waals surface area contributed by atoms with Crippen LogP contribution in [0.15, 0.2) is 0 Å². The van der Waals surface area contributed by atoms with Gasteiger partial charge in [-0.15, -0.1) is 0 Å². The number of amides is 1. The Kier molecular flexibility index (Phi) is 5.44. The van der Waals surface area contributed by atoms with E-state index in [0.717, 1.165) is 25.7 Å². The number of carbonyl (C=O) groups excluding carboxylic acids is 1. The van der Waals surface area contributed by atoms with E-state index in [-0.39, 0.29) is 11.4 Å². The van der Waals surface area contributed by atoms with Gasteiger partial charge in [0.1, 0.15) is 0 Å². The molecule has 0 aromatic carbocycles. The molecule has 0 unspecified atom stereocenters. The number of hydrogen-bond donors (Lipinski definition) is 1. The standard InChI is InChI=1S/C14H28N2O/c1-4-12(5-2)16(3)13(17)11-14(15)9-7-6-8-10-14/h12H,4-11,15H2,1-3H3. The van der Waals surface area contributed by atoms with Crippen LogP contribution in [-0.2, 0) is 4.79 Å². The van der Waals surface area contributed by atoms with Crippen molar-refractivity contribution in [1.82, 2.24) is 4.90 Å². The SMILES string of the molecule is CCC(CC)N(C)C(=O)CC1(N)CCCCC1. The predicted molar refractivity (Wildman–Crippen MR) is 71.8 cm³/mol. The van der Waals surface area contributed by atoms with Crippen molar-refractivity contribution >= 4 is 5.91 Å². The van der Waals surface area contributed by atoms with E-state index in [1.807, 2.05) is 11.9 Å². The molecule has 1 aliphatic rings. The maximum Gasteiger partial charge on any atom is 0.224 e. The van der Waals surface area contributed by atoms with Crippen molar-refractivity contribution in [3.8, 4) is 0 Å². The Bertz CT molecular complexity index is 243. The van der Waals surface area contributed by atoms with Crippen LogP contribution in [0.3, 0.4) is 0 Å². The van der Waals surface area contributed by atoms with Crippen molar-refractivity contribution in [1.29, 1.82) is 0 Å². The summed E-state index contributed by atoms with van der Waals surface area (Å²) in [6.45, 7) is 4.27. The van der Waals surface area contributed by atoms with E-state index in [2.05, 4.69) is 13.8 Å². The average Bonchev–Trinajstić information content (AvgIpc) is 2.30. The third-order valence-corrected chi connectivity index (χ3v) is 4.24. The van der Waals surface area contributed by atoms with Gasteiger partial charge >= 0.3 is 0 Å². The first-order valence-corrected chi connectivity index (χ1v) is 7.07. The van der Waals surface area contributed by atoms with Gasteiger partial charge in [-0.3, -0.25) is 4.79 Å². The third-order valence-electron chi connectivity index (χ3n) is 4.24. The molecule has 1 rings (SSSR count). The van der Waals surface area contributed by atoms with Gasteiger partial charge in [-0.05, 0) is 25.7 Å². The van der Waals surface area contributed by atoms with E-state index in [4.69, 9.17) is 5.73 Å². The molecule has 1 saturated carbocycles. The van der Waals surface area contributed by atoms with Crippen LogP contribution in [-0.4, -0.2) is 29.4 Å². The number of rotatable bonds is 5. The van der Waals surface area contributed by atoms with Crippen LogP contribution < -0.4 is 5.73 Å². The zero-order valence-electron chi connectivity index (χ0n) is 11.7. The molecular formula is C14H28N2O. The Morgan fingerprint density at radius 3 is 2.24 bits per heavy atom. The first-order chi connectivity index (χ1) is 8.02. The minimum absolute atomic E-state index is 0.225. The number of hydrogen-bond acceptors (Lipinski definition) is 2. The minimum atomic E-state index is -0.227. The van der Waals surface area contributed by atoms with E-state index in [9.17, 15) is 4.79 Å². The van der Waals surface area contributed by atoms with E-state index in [0.29, 0.717) is 12.5 Å². The molecule has 1 fully saturated rings. The van der Waals surface area contributed by atoms with Crippen LogP contribution in [0.25, 0.3) is 0 Å². The monoisotopic (exact) mass is 240 g/mol. The summed E-state index contributed by atoms with van der Waals surface area (Å²) in [5.41, 5.74) is 6.11. The lowest BCUT2D eigenvalue weighted by molar-refractivity contribution is -0.133. The van der Waals surface area contributed by atoms with E-state index >= 15 is 0 Å². The maximum absolute atomic E-state index is 12.2. The summed E-state index contributed by atoms with van der Waals surface area (Å²) in [5, 5.41) is 0. The molecule has 17 heavy (non-hydrogen) atoms. The van der Waals surface area contributed by atoms with Crippen LogP contribution in [0.5, 0.6) is 0 Å². The number of nitrogens with two attached hydrogens (primary N) is 1. The predicted octanol–water partition coefficient (Wildman–Crippen LogP) is 2.69. The summed E-state index contributed by atoms with van der Waals surface area (Å²) in [7, 11) is 1.92. The quantitative estimate of drug-likeness (QED) is 0.803. The van der Waals surface area contributed by atoms with Crippen molar-refractivity contribution in [3.63, 3.8) is 0 Å². The lowest BCUT2D eigenvalue weighted by atomic mass is 9.80. The molecule has 0 bridgehead atoms. The van der Waals surface area contributed by atoms with Gasteiger partial charge in [0.15, 0.2) is 0 Å². The highest BCUT2D eigenvalue weighted by Crippen LogP contribution is 2.29. The second-order valence-electron chi connectivity index (χ2n) is 5.57. The summed E-state index contributed by atoms with van der Waals surface area (Å²) in [6.07, 6.45) is 8.23. The molecule has 3 heteroatoms. The van der Waals surface area contributed by atoms with Crippen LogP contribution in [0.1, 0.15) is 65.2 Å². The van der Waals surface area contributed by atoms with Gasteiger partial charge in [-0.1, -0.05) is 33.1 Å². The lowest BCUT2D eigenvalue weighted by Gasteiger charge is -2.35. The highest BCUT2D eigenvalue weighted by Gasteiger charge is 2.31. The largest absolute Gasteiger partial charge is 0.343 e. The minimum Gasteiger partial charge on any atom is -0.343 e. The summed E-state index contributed by atoms with van der Waals surface area (Å²) >= 11 is 0. The Morgan fingerprint density at radius 1 is 1.24 bits per heavy atom. The highest BCUT2D eigenvalue weighted by molar-refractivity contribution is 5.77. The van der Waals surface area contributed by atoms with Crippen molar-refractivity contribution < 1.29 is 4.79 Å². The molecule has 100 valence electrons. The summed E-state index contributed by atoms with van der Waals surface area (Å²) in [5.74, 6) is 0.225. The fourth-order valence-electron chi connectivity index (χ4n) is 2.90. The molecule has 0 atom stereocenters. The van der Waals surface area contributed by atoms with Crippen LogP contribution >= 0.6 is 0 Å². The van der Waals surface area contributed by atoms with Gasteiger partial charge in [-0.2, -0.15) is 0 Å². The van der Waals surface area contributed by atoms with Crippen molar-refractivity contribution in [2.75, 3.05) is 7.05 Å². The molecule has 0 spiro atoms.